The minimum atomic E-state index is -2.59. The molecule has 0 radical (unpaired) electrons. The van der Waals surface area contributed by atoms with Crippen LogP contribution in [0.4, 0.5) is 8.78 Å². The molecule has 78 valence electrons. The Labute approximate surface area is 83.2 Å². The van der Waals surface area contributed by atoms with Crippen molar-refractivity contribution < 1.29 is 8.78 Å². The van der Waals surface area contributed by atoms with Crippen LogP contribution in [0.2, 0.25) is 0 Å². The summed E-state index contributed by atoms with van der Waals surface area (Å²) in [5.41, 5.74) is 5.28. The summed E-state index contributed by atoms with van der Waals surface area (Å²) < 4.78 is 25.4. The minimum Gasteiger partial charge on any atom is -0.377 e. The van der Waals surface area contributed by atoms with Gasteiger partial charge in [-0.1, -0.05) is 11.8 Å². The van der Waals surface area contributed by atoms with Gasteiger partial charge in [-0.15, -0.1) is 0 Å². The molecule has 1 rings (SSSR count). The molecule has 0 aliphatic heterocycles. The third kappa shape index (κ3) is 2.59. The predicted molar refractivity (Wildman–Crippen MR) is 50.6 cm³/mol. The molecule has 1 aromatic rings. The van der Waals surface area contributed by atoms with Crippen molar-refractivity contribution in [2.24, 2.45) is 16.7 Å². The van der Waals surface area contributed by atoms with E-state index in [0.717, 1.165) is 16.3 Å². The van der Waals surface area contributed by atoms with Crippen molar-refractivity contribution >= 4 is 16.9 Å². The van der Waals surface area contributed by atoms with E-state index in [0.29, 0.717) is 0 Å². The maximum absolute atomic E-state index is 12.3. The third-order valence-corrected chi connectivity index (χ3v) is 2.24. The van der Waals surface area contributed by atoms with Gasteiger partial charge < -0.3 is 11.6 Å². The lowest BCUT2D eigenvalue weighted by atomic mass is 10.7. The van der Waals surface area contributed by atoms with E-state index in [1.165, 1.54) is 12.4 Å². The van der Waals surface area contributed by atoms with Gasteiger partial charge in [0.1, 0.15) is 5.82 Å². The van der Waals surface area contributed by atoms with E-state index in [1.54, 1.807) is 0 Å². The molecule has 0 unspecified atom stereocenters. The molecule has 0 amide bonds. The Bertz CT molecular complexity index is 324. The molecular weight excluding hydrogens is 212 g/mol. The largest absolute Gasteiger partial charge is 0.377 e. The van der Waals surface area contributed by atoms with Gasteiger partial charge in [0.15, 0.2) is 5.17 Å². The summed E-state index contributed by atoms with van der Waals surface area (Å²) in [5.74, 6) is 5.32. The van der Waals surface area contributed by atoms with Crippen LogP contribution in [0, 0.1) is 0 Å². The molecule has 0 saturated heterocycles. The fourth-order valence-corrected chi connectivity index (χ4v) is 1.38. The number of aromatic nitrogens is 2. The number of alkyl halides is 2. The van der Waals surface area contributed by atoms with Gasteiger partial charge in [0.25, 0.3) is 0 Å². The lowest BCUT2D eigenvalue weighted by Gasteiger charge is -2.04. The Morgan fingerprint density at radius 1 is 1.71 bits per heavy atom. The number of imidazole rings is 1. The molecule has 0 aliphatic carbocycles. The topological polar surface area (TPSA) is 82.2 Å². The highest BCUT2D eigenvalue weighted by Crippen LogP contribution is 2.16. The zero-order valence-corrected chi connectivity index (χ0v) is 7.92. The highest BCUT2D eigenvalue weighted by Gasteiger charge is 2.11. The minimum absolute atomic E-state index is 0.133. The highest BCUT2D eigenvalue weighted by atomic mass is 32.2. The first-order chi connectivity index (χ1) is 6.65. The molecule has 8 heteroatoms. The van der Waals surface area contributed by atoms with E-state index >= 15 is 0 Å². The van der Waals surface area contributed by atoms with E-state index in [9.17, 15) is 8.78 Å². The monoisotopic (exact) mass is 221 g/mol. The van der Waals surface area contributed by atoms with Gasteiger partial charge in [0.05, 0.1) is 5.75 Å². The molecule has 0 saturated carbocycles. The number of hydrazone groups is 1. The molecule has 1 heterocycles. The summed E-state index contributed by atoms with van der Waals surface area (Å²) in [6.07, 6.45) is 2.51. The molecule has 0 atom stereocenters. The molecular formula is C6H9F2N5S. The molecule has 0 bridgehead atoms. The average Bonchev–Trinajstić information content (AvgIpc) is 2.62. The summed E-state index contributed by atoms with van der Waals surface area (Å²) in [6, 6.07) is 0. The van der Waals surface area contributed by atoms with E-state index in [1.807, 2.05) is 0 Å². The molecule has 5 nitrogen and oxygen atoms in total. The van der Waals surface area contributed by atoms with Crippen molar-refractivity contribution in [3.63, 3.8) is 0 Å². The Balaban J connectivity index is 2.63. The first-order valence-electron chi connectivity index (χ1n) is 3.61. The summed E-state index contributed by atoms with van der Waals surface area (Å²) in [7, 11) is 0. The fourth-order valence-electron chi connectivity index (χ4n) is 0.809. The average molecular weight is 221 g/mol. The zero-order valence-electron chi connectivity index (χ0n) is 7.10. The van der Waals surface area contributed by atoms with Crippen molar-refractivity contribution in [3.8, 4) is 0 Å². The Morgan fingerprint density at radius 3 is 3.00 bits per heavy atom. The smallest absolute Gasteiger partial charge is 0.319 e. The van der Waals surface area contributed by atoms with E-state index in [-0.39, 0.29) is 16.7 Å². The lowest BCUT2D eigenvalue weighted by molar-refractivity contribution is 0.0678. The first kappa shape index (κ1) is 10.8. The summed E-state index contributed by atoms with van der Waals surface area (Å²) in [5, 5.41) is 3.33. The number of hydrogen-bond acceptors (Lipinski definition) is 4. The van der Waals surface area contributed by atoms with Crippen LogP contribution in [0.1, 0.15) is 12.4 Å². The molecule has 0 spiro atoms. The summed E-state index contributed by atoms with van der Waals surface area (Å²) in [4.78, 5) is 3.75. The van der Waals surface area contributed by atoms with Crippen molar-refractivity contribution in [1.29, 1.82) is 0 Å². The van der Waals surface area contributed by atoms with Crippen LogP contribution >= 0.6 is 11.8 Å². The van der Waals surface area contributed by atoms with Gasteiger partial charge in [0, 0.05) is 12.4 Å². The Morgan fingerprint density at radius 2 is 2.43 bits per heavy atom. The molecule has 4 N–H and O–H groups in total. The SMILES string of the molecule is NN=C(N)SCc1nccn1C(F)F. The van der Waals surface area contributed by atoms with Crippen LogP contribution in [0.25, 0.3) is 0 Å². The van der Waals surface area contributed by atoms with Crippen LogP contribution in [0.5, 0.6) is 0 Å². The van der Waals surface area contributed by atoms with Crippen molar-refractivity contribution in [2.75, 3.05) is 0 Å². The second-order valence-electron chi connectivity index (χ2n) is 2.28. The normalized spacial score (nSPS) is 12.4. The maximum atomic E-state index is 12.3. The summed E-state index contributed by atoms with van der Waals surface area (Å²) in [6.45, 7) is -2.59. The second kappa shape index (κ2) is 4.80. The Kier molecular flexibility index (Phi) is 3.69. The second-order valence-corrected chi connectivity index (χ2v) is 3.28. The number of nitrogens with two attached hydrogens (primary N) is 2. The molecule has 0 aliphatic rings. The fraction of sp³-hybridized carbons (Fsp3) is 0.333. The molecule has 0 fully saturated rings. The highest BCUT2D eigenvalue weighted by molar-refractivity contribution is 8.13. The summed E-state index contributed by atoms with van der Waals surface area (Å²) >= 11 is 1.05. The van der Waals surface area contributed by atoms with Gasteiger partial charge in [-0.2, -0.15) is 13.9 Å². The van der Waals surface area contributed by atoms with Crippen LogP contribution in [0.15, 0.2) is 17.5 Å². The van der Waals surface area contributed by atoms with Crippen LogP contribution in [-0.2, 0) is 5.75 Å². The number of hydrogen-bond donors (Lipinski definition) is 2. The van der Waals surface area contributed by atoms with Gasteiger partial charge in [-0.25, -0.2) is 4.98 Å². The van der Waals surface area contributed by atoms with Gasteiger partial charge in [-0.05, 0) is 0 Å². The van der Waals surface area contributed by atoms with Crippen LogP contribution in [0.3, 0.4) is 0 Å². The molecule has 14 heavy (non-hydrogen) atoms. The van der Waals surface area contributed by atoms with Crippen LogP contribution < -0.4 is 11.6 Å². The van der Waals surface area contributed by atoms with Gasteiger partial charge in [0.2, 0.25) is 0 Å². The van der Waals surface area contributed by atoms with Gasteiger partial charge in [-0.3, -0.25) is 4.57 Å². The number of nitrogens with zero attached hydrogens (tertiary/aromatic N) is 3. The molecule has 0 aromatic carbocycles. The van der Waals surface area contributed by atoms with Crippen molar-refractivity contribution in [3.05, 3.63) is 18.2 Å². The standard InChI is InChI=1S/C6H9F2N5S/c7-5(8)13-2-1-11-4(13)3-14-6(9)12-10/h1-2,5H,3,10H2,(H2,9,12). The third-order valence-electron chi connectivity index (χ3n) is 1.44. The van der Waals surface area contributed by atoms with E-state index in [2.05, 4.69) is 10.1 Å². The number of amidine groups is 1. The van der Waals surface area contributed by atoms with E-state index < -0.39 is 6.55 Å². The van der Waals surface area contributed by atoms with Crippen molar-refractivity contribution in [2.45, 2.75) is 12.3 Å². The number of thioether (sulfide) groups is 1. The zero-order chi connectivity index (χ0) is 10.6. The molecule has 1 aromatic heterocycles. The first-order valence-corrected chi connectivity index (χ1v) is 4.59. The number of rotatable bonds is 3. The Hall–Kier alpha value is -1.31. The van der Waals surface area contributed by atoms with E-state index in [4.69, 9.17) is 11.6 Å². The van der Waals surface area contributed by atoms with Gasteiger partial charge >= 0.3 is 6.55 Å². The predicted octanol–water partition coefficient (Wildman–Crippen LogP) is 0.700. The van der Waals surface area contributed by atoms with Crippen LogP contribution in [-0.4, -0.2) is 14.7 Å². The maximum Gasteiger partial charge on any atom is 0.319 e. The lowest BCUT2D eigenvalue weighted by Crippen LogP contribution is -2.11. The quantitative estimate of drug-likeness (QED) is 0.340. The van der Waals surface area contributed by atoms with Crippen molar-refractivity contribution in [1.82, 2.24) is 9.55 Å². The number of halogens is 2.